The average Bonchev–Trinajstić information content (AvgIpc) is 3.52. The summed E-state index contributed by atoms with van der Waals surface area (Å²) in [6.45, 7) is 8.03. The molecule has 0 bridgehead atoms. The number of carbonyl (C=O) groups excluding carboxylic acids is 1. The highest BCUT2D eigenvalue weighted by Crippen LogP contribution is 2.30. The zero-order valence-electron chi connectivity index (χ0n) is 18.1. The van der Waals surface area contributed by atoms with Gasteiger partial charge in [-0.3, -0.25) is 4.79 Å². The van der Waals surface area contributed by atoms with Crippen LogP contribution in [0.15, 0.2) is 53.5 Å². The lowest BCUT2D eigenvalue weighted by molar-refractivity contribution is 0.0793. The fraction of sp³-hybridized carbons (Fsp3) is 0.280. The van der Waals surface area contributed by atoms with E-state index in [1.165, 1.54) is 16.7 Å². The summed E-state index contributed by atoms with van der Waals surface area (Å²) in [5, 5.41) is 4.25. The van der Waals surface area contributed by atoms with Crippen LogP contribution in [0.2, 0.25) is 0 Å². The molecule has 0 radical (unpaired) electrons. The van der Waals surface area contributed by atoms with Gasteiger partial charge in [-0.25, -0.2) is 4.98 Å². The molecule has 6 nitrogen and oxygen atoms in total. The van der Waals surface area contributed by atoms with E-state index in [2.05, 4.69) is 43.2 Å². The van der Waals surface area contributed by atoms with Crippen molar-refractivity contribution in [1.29, 1.82) is 0 Å². The molecular weight excluding hydrogens is 388 g/mol. The molecule has 1 aliphatic heterocycles. The first-order valence-corrected chi connectivity index (χ1v) is 10.7. The zero-order valence-corrected chi connectivity index (χ0v) is 18.1. The Kier molecular flexibility index (Phi) is 4.77. The number of nitrogens with one attached hydrogen (secondary N) is 1. The SMILES string of the molecule is Cc1cc(-n2cnc(Nc3cc(C(=O)N4CCCC4)cc4ccoc34)c2)cc(C)c1C. The van der Waals surface area contributed by atoms with Crippen molar-refractivity contribution < 1.29 is 9.21 Å². The van der Waals surface area contributed by atoms with Gasteiger partial charge in [0.05, 0.1) is 18.1 Å². The van der Waals surface area contributed by atoms with Gasteiger partial charge in [-0.15, -0.1) is 0 Å². The number of hydrogen-bond donors (Lipinski definition) is 1. The number of carbonyl (C=O) groups is 1. The Morgan fingerprint density at radius 2 is 1.81 bits per heavy atom. The molecule has 4 aromatic rings. The van der Waals surface area contributed by atoms with Crippen LogP contribution in [0.1, 0.15) is 39.9 Å². The molecule has 158 valence electrons. The minimum absolute atomic E-state index is 0.0692. The van der Waals surface area contributed by atoms with Crippen LogP contribution >= 0.6 is 0 Å². The van der Waals surface area contributed by atoms with Gasteiger partial charge in [-0.1, -0.05) is 0 Å². The lowest BCUT2D eigenvalue weighted by Gasteiger charge is -2.16. The van der Waals surface area contributed by atoms with Gasteiger partial charge in [0, 0.05) is 29.7 Å². The molecule has 1 aliphatic rings. The fourth-order valence-corrected chi connectivity index (χ4v) is 4.23. The Bertz CT molecular complexity index is 1250. The molecule has 0 aliphatic carbocycles. The van der Waals surface area contributed by atoms with Crippen molar-refractivity contribution in [3.8, 4) is 5.69 Å². The third kappa shape index (κ3) is 3.58. The Labute approximate surface area is 181 Å². The van der Waals surface area contributed by atoms with E-state index >= 15 is 0 Å². The van der Waals surface area contributed by atoms with Gasteiger partial charge in [0.1, 0.15) is 12.1 Å². The van der Waals surface area contributed by atoms with Gasteiger partial charge in [0.15, 0.2) is 5.58 Å². The maximum absolute atomic E-state index is 12.9. The lowest BCUT2D eigenvalue weighted by Crippen LogP contribution is -2.27. The smallest absolute Gasteiger partial charge is 0.253 e. The van der Waals surface area contributed by atoms with Gasteiger partial charge in [0.2, 0.25) is 0 Å². The number of furan rings is 1. The number of aromatic nitrogens is 2. The number of hydrogen-bond acceptors (Lipinski definition) is 4. The van der Waals surface area contributed by atoms with E-state index in [1.54, 1.807) is 12.6 Å². The summed E-state index contributed by atoms with van der Waals surface area (Å²) in [5.41, 5.74) is 7.01. The topological polar surface area (TPSA) is 63.3 Å². The second-order valence-electron chi connectivity index (χ2n) is 8.36. The summed E-state index contributed by atoms with van der Waals surface area (Å²) in [5.74, 6) is 0.763. The largest absolute Gasteiger partial charge is 0.462 e. The van der Waals surface area contributed by atoms with Crippen molar-refractivity contribution in [3.63, 3.8) is 0 Å². The molecule has 1 fully saturated rings. The molecule has 1 amide bonds. The van der Waals surface area contributed by atoms with Crippen molar-refractivity contribution in [2.45, 2.75) is 33.6 Å². The van der Waals surface area contributed by atoms with Crippen LogP contribution < -0.4 is 5.32 Å². The summed E-state index contributed by atoms with van der Waals surface area (Å²) in [6, 6.07) is 9.98. The number of anilines is 2. The molecule has 2 aromatic heterocycles. The van der Waals surface area contributed by atoms with Crippen LogP contribution in [0.25, 0.3) is 16.7 Å². The van der Waals surface area contributed by atoms with Crippen molar-refractivity contribution in [1.82, 2.24) is 14.5 Å². The summed E-state index contributed by atoms with van der Waals surface area (Å²) in [6.07, 6.45) is 7.54. The zero-order chi connectivity index (χ0) is 21.5. The second kappa shape index (κ2) is 7.61. The van der Waals surface area contributed by atoms with Crippen molar-refractivity contribution >= 4 is 28.4 Å². The van der Waals surface area contributed by atoms with E-state index in [0.717, 1.165) is 48.3 Å². The molecule has 1 saturated heterocycles. The average molecular weight is 415 g/mol. The molecule has 1 N–H and O–H groups in total. The van der Waals surface area contributed by atoms with E-state index in [4.69, 9.17) is 4.42 Å². The Balaban J connectivity index is 1.47. The lowest BCUT2D eigenvalue weighted by atomic mass is 10.0. The highest BCUT2D eigenvalue weighted by atomic mass is 16.3. The first kappa shape index (κ1) is 19.4. The Morgan fingerprint density at radius 1 is 1.06 bits per heavy atom. The summed E-state index contributed by atoms with van der Waals surface area (Å²) in [7, 11) is 0. The quantitative estimate of drug-likeness (QED) is 0.477. The predicted molar refractivity (Wildman–Crippen MR) is 122 cm³/mol. The predicted octanol–water partition coefficient (Wildman–Crippen LogP) is 5.52. The molecule has 5 rings (SSSR count). The minimum atomic E-state index is 0.0692. The second-order valence-corrected chi connectivity index (χ2v) is 8.36. The summed E-state index contributed by atoms with van der Waals surface area (Å²) >= 11 is 0. The maximum Gasteiger partial charge on any atom is 0.253 e. The van der Waals surface area contributed by atoms with E-state index in [9.17, 15) is 4.79 Å². The number of imidazole rings is 1. The first-order chi connectivity index (χ1) is 15.0. The van der Waals surface area contributed by atoms with Crippen molar-refractivity contribution in [2.75, 3.05) is 18.4 Å². The first-order valence-electron chi connectivity index (χ1n) is 10.7. The molecule has 31 heavy (non-hydrogen) atoms. The van der Waals surface area contributed by atoms with Gasteiger partial charge in [0.25, 0.3) is 5.91 Å². The number of likely N-dealkylation sites (tertiary alicyclic amines) is 1. The molecule has 6 heteroatoms. The van der Waals surface area contributed by atoms with E-state index in [0.29, 0.717) is 11.4 Å². The van der Waals surface area contributed by atoms with Crippen LogP contribution in [-0.2, 0) is 0 Å². The normalized spacial score (nSPS) is 13.8. The molecule has 0 atom stereocenters. The van der Waals surface area contributed by atoms with E-state index in [1.807, 2.05) is 33.9 Å². The number of rotatable bonds is 4. The summed E-state index contributed by atoms with van der Waals surface area (Å²) in [4.78, 5) is 19.4. The third-order valence-corrected chi connectivity index (χ3v) is 6.25. The molecular formula is C25H26N4O2. The Hall–Kier alpha value is -3.54. The van der Waals surface area contributed by atoms with Crippen LogP contribution in [0, 0.1) is 20.8 Å². The highest BCUT2D eigenvalue weighted by molar-refractivity contribution is 6.02. The highest BCUT2D eigenvalue weighted by Gasteiger charge is 2.21. The van der Waals surface area contributed by atoms with Crippen LogP contribution in [0.3, 0.4) is 0 Å². The molecule has 0 spiro atoms. The van der Waals surface area contributed by atoms with Crippen LogP contribution in [-0.4, -0.2) is 33.4 Å². The summed E-state index contributed by atoms with van der Waals surface area (Å²) < 4.78 is 7.70. The molecule has 2 aromatic carbocycles. The minimum Gasteiger partial charge on any atom is -0.462 e. The molecule has 0 unspecified atom stereocenters. The maximum atomic E-state index is 12.9. The Morgan fingerprint density at radius 3 is 2.55 bits per heavy atom. The molecule has 0 saturated carbocycles. The molecule has 3 heterocycles. The van der Waals surface area contributed by atoms with Gasteiger partial charge in [-0.2, -0.15) is 0 Å². The van der Waals surface area contributed by atoms with E-state index in [-0.39, 0.29) is 5.91 Å². The number of nitrogens with zero attached hydrogens (tertiary/aromatic N) is 3. The van der Waals surface area contributed by atoms with Crippen molar-refractivity contribution in [2.24, 2.45) is 0 Å². The van der Waals surface area contributed by atoms with Crippen LogP contribution in [0.4, 0.5) is 11.5 Å². The van der Waals surface area contributed by atoms with Gasteiger partial charge >= 0.3 is 0 Å². The number of benzene rings is 2. The third-order valence-electron chi connectivity index (χ3n) is 6.25. The van der Waals surface area contributed by atoms with Gasteiger partial charge in [-0.05, 0) is 80.6 Å². The van der Waals surface area contributed by atoms with E-state index < -0.39 is 0 Å². The number of fused-ring (bicyclic) bond motifs is 1. The standard InChI is InChI=1S/C25H26N4O2/c1-16-10-21(11-17(2)18(16)3)29-14-23(26-15-29)27-22-13-20(12-19-6-9-31-24(19)22)25(30)28-7-4-5-8-28/h6,9-15,27H,4-5,7-8H2,1-3H3. The van der Waals surface area contributed by atoms with Gasteiger partial charge < -0.3 is 19.2 Å². The van der Waals surface area contributed by atoms with Crippen LogP contribution in [0.5, 0.6) is 0 Å². The monoisotopic (exact) mass is 414 g/mol. The number of aryl methyl sites for hydroxylation is 2. The number of amides is 1. The van der Waals surface area contributed by atoms with Crippen molar-refractivity contribution in [3.05, 3.63) is 71.4 Å². The fourth-order valence-electron chi connectivity index (χ4n) is 4.23.